The molecule has 21 heavy (non-hydrogen) atoms. The van der Waals surface area contributed by atoms with E-state index in [-0.39, 0.29) is 16.6 Å². The highest BCUT2D eigenvalue weighted by Crippen LogP contribution is 2.26. The third-order valence-electron chi connectivity index (χ3n) is 3.88. The summed E-state index contributed by atoms with van der Waals surface area (Å²) in [7, 11) is -3.60. The van der Waals surface area contributed by atoms with E-state index in [1.165, 1.54) is 11.1 Å². The number of rotatable bonds is 3. The summed E-state index contributed by atoms with van der Waals surface area (Å²) in [6, 6.07) is 13.1. The Kier molecular flexibility index (Phi) is 3.47. The number of benzene rings is 2. The molecule has 110 valence electrons. The van der Waals surface area contributed by atoms with Crippen molar-refractivity contribution in [3.05, 3.63) is 59.2 Å². The number of anilines is 1. The van der Waals surface area contributed by atoms with Gasteiger partial charge in [0.25, 0.3) is 0 Å². The number of nitrogens with two attached hydrogens (primary N) is 1. The largest absolute Gasteiger partial charge is 0.398 e. The minimum Gasteiger partial charge on any atom is -0.398 e. The standard InChI is InChI=1S/C16H18N2O2S/c1-11-5-4-8-15(17)16(11)21(19,20)18-14-9-12-6-2-3-7-13(12)10-14/h2-8,14,18H,9-10,17H2,1H3. The number of nitrogens with one attached hydrogen (secondary N) is 1. The molecular weight excluding hydrogens is 284 g/mol. The van der Waals surface area contributed by atoms with Crippen LogP contribution in [-0.2, 0) is 22.9 Å². The van der Waals surface area contributed by atoms with Gasteiger partial charge in [-0.2, -0.15) is 0 Å². The number of aryl methyl sites for hydroxylation is 1. The molecular formula is C16H18N2O2S. The maximum atomic E-state index is 12.6. The Bertz CT molecular complexity index is 739. The van der Waals surface area contributed by atoms with Crippen molar-refractivity contribution in [3.8, 4) is 0 Å². The maximum absolute atomic E-state index is 12.6. The highest BCUT2D eigenvalue weighted by atomic mass is 32.2. The van der Waals surface area contributed by atoms with Crippen molar-refractivity contribution in [3.63, 3.8) is 0 Å². The van der Waals surface area contributed by atoms with Gasteiger partial charge in [-0.1, -0.05) is 36.4 Å². The van der Waals surface area contributed by atoms with Crippen molar-refractivity contribution < 1.29 is 8.42 Å². The first-order valence-corrected chi connectivity index (χ1v) is 8.40. The van der Waals surface area contributed by atoms with Gasteiger partial charge >= 0.3 is 0 Å². The van der Waals surface area contributed by atoms with Crippen molar-refractivity contribution >= 4 is 15.7 Å². The van der Waals surface area contributed by atoms with E-state index >= 15 is 0 Å². The van der Waals surface area contributed by atoms with Gasteiger partial charge in [-0.05, 0) is 42.5 Å². The zero-order chi connectivity index (χ0) is 15.0. The second-order valence-electron chi connectivity index (χ2n) is 5.49. The molecule has 1 aliphatic carbocycles. The molecule has 2 aromatic rings. The number of nitrogen functional groups attached to an aromatic ring is 1. The molecule has 3 N–H and O–H groups in total. The molecule has 4 nitrogen and oxygen atoms in total. The van der Waals surface area contributed by atoms with Crippen LogP contribution in [0.2, 0.25) is 0 Å². The van der Waals surface area contributed by atoms with E-state index in [0.29, 0.717) is 5.56 Å². The van der Waals surface area contributed by atoms with Crippen LogP contribution in [0.1, 0.15) is 16.7 Å². The summed E-state index contributed by atoms with van der Waals surface area (Å²) < 4.78 is 28.0. The van der Waals surface area contributed by atoms with Gasteiger partial charge in [-0.25, -0.2) is 13.1 Å². The van der Waals surface area contributed by atoms with E-state index in [1.54, 1.807) is 25.1 Å². The van der Waals surface area contributed by atoms with Gasteiger partial charge in [-0.15, -0.1) is 0 Å². The molecule has 0 spiro atoms. The highest BCUT2D eigenvalue weighted by molar-refractivity contribution is 7.89. The van der Waals surface area contributed by atoms with E-state index in [0.717, 1.165) is 12.8 Å². The highest BCUT2D eigenvalue weighted by Gasteiger charge is 2.28. The predicted octanol–water partition coefficient (Wildman–Crippen LogP) is 2.02. The zero-order valence-electron chi connectivity index (χ0n) is 11.8. The van der Waals surface area contributed by atoms with Gasteiger partial charge in [0.05, 0.1) is 5.69 Å². The second-order valence-corrected chi connectivity index (χ2v) is 7.14. The van der Waals surface area contributed by atoms with Crippen LogP contribution in [0.25, 0.3) is 0 Å². The normalized spacial score (nSPS) is 15.1. The minimum atomic E-state index is -3.60. The fourth-order valence-corrected chi connectivity index (χ4v) is 4.56. The lowest BCUT2D eigenvalue weighted by Crippen LogP contribution is -2.36. The van der Waals surface area contributed by atoms with Crippen molar-refractivity contribution in [1.29, 1.82) is 0 Å². The summed E-state index contributed by atoms with van der Waals surface area (Å²) in [6.45, 7) is 1.76. The fourth-order valence-electron chi connectivity index (χ4n) is 2.96. The van der Waals surface area contributed by atoms with Gasteiger partial charge in [0.15, 0.2) is 0 Å². The Morgan fingerprint density at radius 1 is 1.05 bits per heavy atom. The molecule has 0 amide bonds. The van der Waals surface area contributed by atoms with Crippen LogP contribution < -0.4 is 10.5 Å². The van der Waals surface area contributed by atoms with Gasteiger partial charge in [0.2, 0.25) is 10.0 Å². The molecule has 0 saturated heterocycles. The quantitative estimate of drug-likeness (QED) is 0.852. The fraction of sp³-hybridized carbons (Fsp3) is 0.250. The van der Waals surface area contributed by atoms with Crippen molar-refractivity contribution in [2.75, 3.05) is 5.73 Å². The molecule has 0 bridgehead atoms. The number of sulfonamides is 1. The van der Waals surface area contributed by atoms with Gasteiger partial charge in [0.1, 0.15) is 4.90 Å². The summed E-state index contributed by atoms with van der Waals surface area (Å²) in [6.07, 6.45) is 1.45. The SMILES string of the molecule is Cc1cccc(N)c1S(=O)(=O)NC1Cc2ccccc2C1. The van der Waals surface area contributed by atoms with Crippen LogP contribution in [0.15, 0.2) is 47.4 Å². The monoisotopic (exact) mass is 302 g/mol. The van der Waals surface area contributed by atoms with Crippen LogP contribution in [0.3, 0.4) is 0 Å². The molecule has 0 unspecified atom stereocenters. The summed E-state index contributed by atoms with van der Waals surface area (Å²) in [5.74, 6) is 0. The average molecular weight is 302 g/mol. The smallest absolute Gasteiger partial charge is 0.243 e. The Hall–Kier alpha value is -1.85. The van der Waals surface area contributed by atoms with Gasteiger partial charge < -0.3 is 5.73 Å². The van der Waals surface area contributed by atoms with E-state index in [2.05, 4.69) is 4.72 Å². The lowest BCUT2D eigenvalue weighted by Gasteiger charge is -2.15. The van der Waals surface area contributed by atoms with Crippen molar-refractivity contribution in [1.82, 2.24) is 4.72 Å². The number of hydrogen-bond acceptors (Lipinski definition) is 3. The van der Waals surface area contributed by atoms with Gasteiger partial charge in [-0.3, -0.25) is 0 Å². The van der Waals surface area contributed by atoms with Crippen LogP contribution >= 0.6 is 0 Å². The van der Waals surface area contributed by atoms with Crippen LogP contribution in [-0.4, -0.2) is 14.5 Å². The van der Waals surface area contributed by atoms with Crippen LogP contribution in [0, 0.1) is 6.92 Å². The summed E-state index contributed by atoms with van der Waals surface area (Å²) in [5.41, 5.74) is 9.22. The second kappa shape index (κ2) is 5.16. The average Bonchev–Trinajstić information content (AvgIpc) is 2.79. The molecule has 1 aliphatic rings. The first-order chi connectivity index (χ1) is 9.97. The first-order valence-electron chi connectivity index (χ1n) is 6.91. The van der Waals surface area contributed by atoms with Crippen LogP contribution in [0.5, 0.6) is 0 Å². The van der Waals surface area contributed by atoms with E-state index in [9.17, 15) is 8.42 Å². The zero-order valence-corrected chi connectivity index (χ0v) is 12.7. The lowest BCUT2D eigenvalue weighted by atomic mass is 10.1. The molecule has 0 heterocycles. The summed E-state index contributed by atoms with van der Waals surface area (Å²) in [4.78, 5) is 0.195. The molecule has 0 saturated carbocycles. The third kappa shape index (κ3) is 2.66. The summed E-state index contributed by atoms with van der Waals surface area (Å²) >= 11 is 0. The molecule has 5 heteroatoms. The maximum Gasteiger partial charge on any atom is 0.243 e. The Morgan fingerprint density at radius 2 is 1.67 bits per heavy atom. The summed E-state index contributed by atoms with van der Waals surface area (Å²) in [5, 5.41) is 0. The lowest BCUT2D eigenvalue weighted by molar-refractivity contribution is 0.555. The van der Waals surface area contributed by atoms with Crippen LogP contribution in [0.4, 0.5) is 5.69 Å². The van der Waals surface area contributed by atoms with Crippen molar-refractivity contribution in [2.45, 2.75) is 30.7 Å². The Morgan fingerprint density at radius 3 is 2.24 bits per heavy atom. The topological polar surface area (TPSA) is 72.2 Å². The third-order valence-corrected chi connectivity index (χ3v) is 5.62. The molecule has 0 aromatic heterocycles. The molecule has 0 fully saturated rings. The number of hydrogen-bond donors (Lipinski definition) is 2. The number of fused-ring (bicyclic) bond motifs is 1. The molecule has 0 atom stereocenters. The van der Waals surface area contributed by atoms with E-state index in [1.807, 2.05) is 24.3 Å². The van der Waals surface area contributed by atoms with Gasteiger partial charge in [0, 0.05) is 6.04 Å². The molecule has 0 radical (unpaired) electrons. The Balaban J connectivity index is 1.86. The molecule has 0 aliphatic heterocycles. The van der Waals surface area contributed by atoms with E-state index < -0.39 is 10.0 Å². The predicted molar refractivity (Wildman–Crippen MR) is 83.6 cm³/mol. The molecule has 2 aromatic carbocycles. The first kappa shape index (κ1) is 14.1. The molecule has 3 rings (SSSR count). The minimum absolute atomic E-state index is 0.105. The van der Waals surface area contributed by atoms with Crippen molar-refractivity contribution in [2.24, 2.45) is 0 Å². The Labute approximate surface area is 125 Å². The van der Waals surface area contributed by atoms with E-state index in [4.69, 9.17) is 5.73 Å².